The highest BCUT2D eigenvalue weighted by Crippen LogP contribution is 2.38. The lowest BCUT2D eigenvalue weighted by Crippen LogP contribution is -2.13. The molecule has 0 fully saturated rings. The normalized spacial score (nSPS) is 11.1. The van der Waals surface area contributed by atoms with Crippen LogP contribution in [0.4, 0.5) is 5.69 Å². The maximum atomic E-state index is 13.0. The van der Waals surface area contributed by atoms with Crippen molar-refractivity contribution < 1.29 is 14.3 Å². The van der Waals surface area contributed by atoms with E-state index in [-0.39, 0.29) is 5.57 Å². The van der Waals surface area contributed by atoms with Crippen LogP contribution < -0.4 is 14.8 Å². The summed E-state index contributed by atoms with van der Waals surface area (Å²) in [5.74, 6) is 0.609. The van der Waals surface area contributed by atoms with Crippen LogP contribution in [0.15, 0.2) is 88.9 Å². The van der Waals surface area contributed by atoms with Gasteiger partial charge in [0.15, 0.2) is 11.5 Å². The molecule has 0 spiro atoms. The van der Waals surface area contributed by atoms with Crippen LogP contribution in [0, 0.1) is 18.3 Å². The number of fused-ring (bicyclic) bond motifs is 1. The standard InChI is InChI=1S/C30H25BrN2O3/c1-3-35-28-17-21(16-26(31)29(28)36-19-23-11-5-4-9-20(23)2)15-24(18-32)30(34)33-27-14-8-12-22-10-6-7-13-25(22)27/h4-17H,3,19H2,1-2H3,(H,33,34)/b24-15+. The molecule has 1 N–H and O–H groups in total. The zero-order chi connectivity index (χ0) is 25.5. The Morgan fingerprint density at radius 1 is 1.03 bits per heavy atom. The second kappa shape index (κ2) is 11.6. The largest absolute Gasteiger partial charge is 0.490 e. The first-order chi connectivity index (χ1) is 17.5. The summed E-state index contributed by atoms with van der Waals surface area (Å²) in [5, 5.41) is 14.5. The van der Waals surface area contributed by atoms with Gasteiger partial charge in [0, 0.05) is 11.1 Å². The number of aryl methyl sites for hydroxylation is 1. The first-order valence-electron chi connectivity index (χ1n) is 11.5. The number of nitrogens with zero attached hydrogens (tertiary/aromatic N) is 1. The van der Waals surface area contributed by atoms with E-state index in [1.807, 2.05) is 86.6 Å². The average molecular weight is 541 g/mol. The minimum Gasteiger partial charge on any atom is -0.490 e. The summed E-state index contributed by atoms with van der Waals surface area (Å²) in [5.41, 5.74) is 3.48. The molecule has 0 bridgehead atoms. The lowest BCUT2D eigenvalue weighted by atomic mass is 10.1. The fourth-order valence-electron chi connectivity index (χ4n) is 3.84. The third kappa shape index (κ3) is 5.76. The highest BCUT2D eigenvalue weighted by Gasteiger charge is 2.15. The summed E-state index contributed by atoms with van der Waals surface area (Å²) in [6, 6.07) is 27.0. The Morgan fingerprint density at radius 2 is 1.78 bits per heavy atom. The molecule has 4 aromatic carbocycles. The van der Waals surface area contributed by atoms with Gasteiger partial charge >= 0.3 is 0 Å². The quantitative estimate of drug-likeness (QED) is 0.186. The fraction of sp³-hybridized carbons (Fsp3) is 0.133. The Morgan fingerprint density at radius 3 is 2.56 bits per heavy atom. The topological polar surface area (TPSA) is 71.3 Å². The van der Waals surface area contributed by atoms with E-state index in [1.54, 1.807) is 18.2 Å². The molecular formula is C30H25BrN2O3. The van der Waals surface area contributed by atoms with Gasteiger partial charge in [-0.3, -0.25) is 4.79 Å². The van der Waals surface area contributed by atoms with Crippen molar-refractivity contribution in [3.8, 4) is 17.6 Å². The molecule has 6 heteroatoms. The van der Waals surface area contributed by atoms with Gasteiger partial charge in [0.2, 0.25) is 0 Å². The van der Waals surface area contributed by atoms with E-state index >= 15 is 0 Å². The number of hydrogen-bond donors (Lipinski definition) is 1. The van der Waals surface area contributed by atoms with Crippen LogP contribution in [0.5, 0.6) is 11.5 Å². The number of ether oxygens (including phenoxy) is 2. The van der Waals surface area contributed by atoms with Crippen LogP contribution in [0.1, 0.15) is 23.6 Å². The van der Waals surface area contributed by atoms with Gasteiger partial charge in [0.25, 0.3) is 5.91 Å². The number of rotatable bonds is 8. The Bertz CT molecular complexity index is 1480. The van der Waals surface area contributed by atoms with Crippen molar-refractivity contribution in [2.75, 3.05) is 11.9 Å². The van der Waals surface area contributed by atoms with Crippen molar-refractivity contribution in [2.45, 2.75) is 20.5 Å². The monoisotopic (exact) mass is 540 g/mol. The number of hydrogen-bond acceptors (Lipinski definition) is 4. The van der Waals surface area contributed by atoms with E-state index in [1.165, 1.54) is 0 Å². The van der Waals surface area contributed by atoms with Crippen molar-refractivity contribution in [3.05, 3.63) is 106 Å². The first kappa shape index (κ1) is 25.0. The number of benzene rings is 4. The molecule has 0 unspecified atom stereocenters. The Labute approximate surface area is 219 Å². The maximum absolute atomic E-state index is 13.0. The molecule has 36 heavy (non-hydrogen) atoms. The van der Waals surface area contributed by atoms with Crippen molar-refractivity contribution in [3.63, 3.8) is 0 Å². The lowest BCUT2D eigenvalue weighted by Gasteiger charge is -2.16. The van der Waals surface area contributed by atoms with Crippen LogP contribution in [0.25, 0.3) is 16.8 Å². The summed E-state index contributed by atoms with van der Waals surface area (Å²) in [6.45, 7) is 4.75. The summed E-state index contributed by atoms with van der Waals surface area (Å²) < 4.78 is 12.6. The lowest BCUT2D eigenvalue weighted by molar-refractivity contribution is -0.112. The molecule has 0 aromatic heterocycles. The molecule has 0 saturated carbocycles. The molecule has 0 aliphatic heterocycles. The highest BCUT2D eigenvalue weighted by atomic mass is 79.9. The van der Waals surface area contributed by atoms with Crippen molar-refractivity contribution >= 4 is 44.4 Å². The number of amides is 1. The molecule has 0 aliphatic rings. The molecule has 0 heterocycles. The Kier molecular flexibility index (Phi) is 8.04. The summed E-state index contributed by atoms with van der Waals surface area (Å²) in [4.78, 5) is 13.0. The maximum Gasteiger partial charge on any atom is 0.266 e. The summed E-state index contributed by atoms with van der Waals surface area (Å²) in [6.07, 6.45) is 1.54. The number of anilines is 1. The Hall–Kier alpha value is -4.08. The minimum absolute atomic E-state index is 0.0224. The molecule has 0 atom stereocenters. The van der Waals surface area contributed by atoms with Crippen LogP contribution in [-0.4, -0.2) is 12.5 Å². The van der Waals surface area contributed by atoms with Crippen molar-refractivity contribution in [2.24, 2.45) is 0 Å². The van der Waals surface area contributed by atoms with E-state index in [2.05, 4.69) is 21.2 Å². The second-order valence-electron chi connectivity index (χ2n) is 8.13. The van der Waals surface area contributed by atoms with E-state index in [4.69, 9.17) is 9.47 Å². The van der Waals surface area contributed by atoms with Crippen molar-refractivity contribution in [1.82, 2.24) is 0 Å². The fourth-order valence-corrected chi connectivity index (χ4v) is 4.41. The van der Waals surface area contributed by atoms with Gasteiger partial charge in [0.05, 0.1) is 11.1 Å². The van der Waals surface area contributed by atoms with Crippen LogP contribution >= 0.6 is 15.9 Å². The van der Waals surface area contributed by atoms with E-state index in [0.29, 0.717) is 40.4 Å². The number of nitrogens with one attached hydrogen (secondary N) is 1. The minimum atomic E-state index is -0.484. The van der Waals surface area contributed by atoms with Gasteiger partial charge < -0.3 is 14.8 Å². The summed E-state index contributed by atoms with van der Waals surface area (Å²) in [7, 11) is 0. The van der Waals surface area contributed by atoms with E-state index < -0.39 is 5.91 Å². The molecule has 4 aromatic rings. The molecule has 5 nitrogen and oxygen atoms in total. The third-order valence-corrected chi connectivity index (χ3v) is 6.27. The number of carbonyl (C=O) groups excluding carboxylic acids is 1. The van der Waals surface area contributed by atoms with E-state index in [9.17, 15) is 10.1 Å². The molecule has 0 saturated heterocycles. The van der Waals surface area contributed by atoms with Gasteiger partial charge in [-0.05, 0) is 76.1 Å². The van der Waals surface area contributed by atoms with Crippen LogP contribution in [0.3, 0.4) is 0 Å². The number of nitriles is 1. The SMILES string of the molecule is CCOc1cc(/C=C(\C#N)C(=O)Nc2cccc3ccccc23)cc(Br)c1OCc1ccccc1C. The van der Waals surface area contributed by atoms with Gasteiger partial charge in [-0.2, -0.15) is 5.26 Å². The number of carbonyl (C=O) groups is 1. The predicted molar refractivity (Wildman–Crippen MR) is 147 cm³/mol. The van der Waals surface area contributed by atoms with Crippen LogP contribution in [0.2, 0.25) is 0 Å². The second-order valence-corrected chi connectivity index (χ2v) is 8.98. The van der Waals surface area contributed by atoms with E-state index in [0.717, 1.165) is 21.9 Å². The van der Waals surface area contributed by atoms with Gasteiger partial charge in [-0.15, -0.1) is 0 Å². The molecule has 0 radical (unpaired) electrons. The summed E-state index contributed by atoms with van der Waals surface area (Å²) >= 11 is 3.57. The third-order valence-electron chi connectivity index (χ3n) is 5.68. The Balaban J connectivity index is 1.60. The number of halogens is 1. The molecule has 1 amide bonds. The van der Waals surface area contributed by atoms with Crippen molar-refractivity contribution in [1.29, 1.82) is 5.26 Å². The molecule has 4 rings (SSSR count). The van der Waals surface area contributed by atoms with Gasteiger partial charge in [-0.1, -0.05) is 60.7 Å². The van der Waals surface area contributed by atoms with Gasteiger partial charge in [0.1, 0.15) is 18.2 Å². The first-order valence-corrected chi connectivity index (χ1v) is 12.3. The highest BCUT2D eigenvalue weighted by molar-refractivity contribution is 9.10. The zero-order valence-electron chi connectivity index (χ0n) is 20.0. The molecule has 180 valence electrons. The average Bonchev–Trinajstić information content (AvgIpc) is 2.88. The molecular weight excluding hydrogens is 516 g/mol. The van der Waals surface area contributed by atoms with Gasteiger partial charge in [-0.25, -0.2) is 0 Å². The zero-order valence-corrected chi connectivity index (χ0v) is 21.6. The smallest absolute Gasteiger partial charge is 0.266 e. The predicted octanol–water partition coefficient (Wildman–Crippen LogP) is 7.43. The van der Waals surface area contributed by atoms with Crippen LogP contribution in [-0.2, 0) is 11.4 Å². The molecule has 0 aliphatic carbocycles.